The molecule has 4 atom stereocenters. The molecule has 3 aliphatic rings. The van der Waals surface area contributed by atoms with Crippen molar-refractivity contribution in [1.29, 1.82) is 0 Å². The minimum Gasteiger partial charge on any atom is -0.492 e. The van der Waals surface area contributed by atoms with Gasteiger partial charge in [-0.05, 0) is 62.2 Å². The number of nitrogens with two attached hydrogens (primary N) is 1. The molecular weight excluding hydrogens is 438 g/mol. The molecule has 2 bridgehead atoms. The minimum absolute atomic E-state index is 0.0839. The van der Waals surface area contributed by atoms with Crippen LogP contribution in [0.3, 0.4) is 0 Å². The number of primary amides is 1. The van der Waals surface area contributed by atoms with Gasteiger partial charge >= 0.3 is 0 Å². The van der Waals surface area contributed by atoms with Crippen molar-refractivity contribution >= 4 is 34.6 Å². The summed E-state index contributed by atoms with van der Waals surface area (Å²) in [4.78, 5) is 23.6. The highest BCUT2D eigenvalue weighted by atomic mass is 35.5. The summed E-state index contributed by atoms with van der Waals surface area (Å²) in [5.41, 5.74) is 10.0. The number of aliphatic imine (C=N–C) groups is 1. The van der Waals surface area contributed by atoms with Crippen molar-refractivity contribution < 1.29 is 9.53 Å². The second kappa shape index (κ2) is 8.80. The Morgan fingerprint density at radius 3 is 2.73 bits per heavy atom. The molecule has 1 aromatic carbocycles. The lowest BCUT2D eigenvalue weighted by atomic mass is 9.88. The summed E-state index contributed by atoms with van der Waals surface area (Å²) >= 11 is 6.55. The van der Waals surface area contributed by atoms with Gasteiger partial charge in [-0.2, -0.15) is 0 Å². The van der Waals surface area contributed by atoms with E-state index in [4.69, 9.17) is 27.1 Å². The number of nitrogens with one attached hydrogen (secondary N) is 1. The Morgan fingerprint density at radius 1 is 1.24 bits per heavy atom. The third-order valence-corrected chi connectivity index (χ3v) is 7.04. The quantitative estimate of drug-likeness (QED) is 0.582. The van der Waals surface area contributed by atoms with E-state index in [0.29, 0.717) is 18.1 Å². The number of amides is 1. The maximum absolute atomic E-state index is 12.1. The fourth-order valence-electron chi connectivity index (χ4n) is 5.07. The van der Waals surface area contributed by atoms with Crippen LogP contribution in [0.2, 0.25) is 5.02 Å². The highest BCUT2D eigenvalue weighted by molar-refractivity contribution is 6.34. The number of anilines is 1. The summed E-state index contributed by atoms with van der Waals surface area (Å²) in [6.45, 7) is 1.50. The molecule has 0 spiro atoms. The van der Waals surface area contributed by atoms with Gasteiger partial charge in [0, 0.05) is 25.2 Å². The van der Waals surface area contributed by atoms with E-state index in [1.165, 1.54) is 0 Å². The number of ether oxygens (including phenoxy) is 1. The molecule has 0 unspecified atom stereocenters. The second-order valence-corrected chi connectivity index (χ2v) is 9.64. The molecule has 1 aromatic heterocycles. The molecule has 1 saturated carbocycles. The lowest BCUT2D eigenvalue weighted by Crippen LogP contribution is -2.41. The number of carbonyl (C=O) groups excluding carboxylic acids is 1. The molecule has 7 nitrogen and oxygen atoms in total. The number of hydrogen-bond acceptors (Lipinski definition) is 6. The highest BCUT2D eigenvalue weighted by Crippen LogP contribution is 2.47. The van der Waals surface area contributed by atoms with Gasteiger partial charge < -0.3 is 20.7 Å². The zero-order valence-electron chi connectivity index (χ0n) is 18.8. The lowest BCUT2D eigenvalue weighted by molar-refractivity contribution is -0.122. The van der Waals surface area contributed by atoms with Crippen molar-refractivity contribution in [2.75, 3.05) is 32.6 Å². The Morgan fingerprint density at radius 2 is 2.00 bits per heavy atom. The SMILES string of the molecule is CN(C)CCOc1ccc(C2=Nc3c(ncc(Cl)c3N[C@H]3[C@@H](C(N)=O)[C@@H]4C=C[C@H]3C4)C2)cc1. The van der Waals surface area contributed by atoms with Crippen LogP contribution in [-0.2, 0) is 11.2 Å². The van der Waals surface area contributed by atoms with E-state index in [0.717, 1.165) is 47.1 Å². The van der Waals surface area contributed by atoms with Gasteiger partial charge in [-0.15, -0.1) is 0 Å². The average molecular weight is 466 g/mol. The average Bonchev–Trinajstić information content (AvgIpc) is 3.50. The molecule has 0 radical (unpaired) electrons. The maximum Gasteiger partial charge on any atom is 0.223 e. The number of nitrogens with zero attached hydrogens (tertiary/aromatic N) is 3. The van der Waals surface area contributed by atoms with Crippen LogP contribution in [0.15, 0.2) is 47.6 Å². The highest BCUT2D eigenvalue weighted by Gasteiger charge is 2.47. The van der Waals surface area contributed by atoms with Crippen molar-refractivity contribution in [3.8, 4) is 5.75 Å². The van der Waals surface area contributed by atoms with Crippen LogP contribution in [0.1, 0.15) is 17.7 Å². The van der Waals surface area contributed by atoms with Crippen LogP contribution in [0.4, 0.5) is 11.4 Å². The number of carbonyl (C=O) groups is 1. The summed E-state index contributed by atoms with van der Waals surface area (Å²) < 4.78 is 5.79. The van der Waals surface area contributed by atoms with Gasteiger partial charge in [0.2, 0.25) is 5.91 Å². The third-order valence-electron chi connectivity index (χ3n) is 6.76. The normalized spacial score (nSPS) is 24.8. The van der Waals surface area contributed by atoms with Gasteiger partial charge in [0.05, 0.1) is 28.0 Å². The Hall–Kier alpha value is -2.90. The summed E-state index contributed by atoms with van der Waals surface area (Å²) in [6.07, 6.45) is 7.51. The topological polar surface area (TPSA) is 92.8 Å². The zero-order chi connectivity index (χ0) is 23.1. The molecular formula is C25H28ClN5O2. The molecule has 2 aliphatic carbocycles. The molecule has 33 heavy (non-hydrogen) atoms. The first-order valence-corrected chi connectivity index (χ1v) is 11.7. The van der Waals surface area contributed by atoms with E-state index in [1.807, 2.05) is 38.4 Å². The molecule has 3 N–H and O–H groups in total. The number of aromatic nitrogens is 1. The third kappa shape index (κ3) is 4.23. The Bertz CT molecular complexity index is 1130. The summed E-state index contributed by atoms with van der Waals surface area (Å²) in [5, 5.41) is 4.03. The van der Waals surface area contributed by atoms with Crippen LogP contribution in [0.25, 0.3) is 0 Å². The smallest absolute Gasteiger partial charge is 0.223 e. The number of allylic oxidation sites excluding steroid dienone is 1. The van der Waals surface area contributed by atoms with Gasteiger partial charge in [-0.25, -0.2) is 4.99 Å². The summed E-state index contributed by atoms with van der Waals surface area (Å²) in [6, 6.07) is 7.89. The molecule has 1 amide bonds. The molecule has 8 heteroatoms. The van der Waals surface area contributed by atoms with E-state index >= 15 is 0 Å². The van der Waals surface area contributed by atoms with Crippen LogP contribution in [0.5, 0.6) is 5.75 Å². The van der Waals surface area contributed by atoms with Crippen molar-refractivity contribution in [2.24, 2.45) is 28.5 Å². The summed E-state index contributed by atoms with van der Waals surface area (Å²) in [5.74, 6) is 0.767. The van der Waals surface area contributed by atoms with Crippen molar-refractivity contribution in [3.05, 3.63) is 58.9 Å². The number of pyridine rings is 1. The van der Waals surface area contributed by atoms with Crippen LogP contribution >= 0.6 is 11.6 Å². The lowest BCUT2D eigenvalue weighted by Gasteiger charge is -2.28. The fraction of sp³-hybridized carbons (Fsp3) is 0.400. The first-order valence-electron chi connectivity index (χ1n) is 11.3. The number of rotatable bonds is 8. The Labute approximate surface area is 198 Å². The van der Waals surface area contributed by atoms with Crippen LogP contribution < -0.4 is 15.8 Å². The van der Waals surface area contributed by atoms with Gasteiger partial charge in [0.25, 0.3) is 0 Å². The Kier molecular flexibility index (Phi) is 5.85. The Balaban J connectivity index is 1.37. The van der Waals surface area contributed by atoms with Crippen molar-refractivity contribution in [1.82, 2.24) is 9.88 Å². The molecule has 2 heterocycles. The summed E-state index contributed by atoms with van der Waals surface area (Å²) in [7, 11) is 4.04. The van der Waals surface area contributed by atoms with Gasteiger partial charge in [-0.3, -0.25) is 9.78 Å². The molecule has 0 saturated heterocycles. The second-order valence-electron chi connectivity index (χ2n) is 9.23. The first kappa shape index (κ1) is 21.9. The standard InChI is InChI=1S/C25H28ClN5O2/c1-31(2)9-10-33-17-7-5-14(6-8-17)19-12-20-24(29-19)23(18(26)13-28-20)30-22-16-4-3-15(11-16)21(22)25(27)32/h3-8,13,15-16,21-22H,9-12H2,1-2H3,(H2,27,32)(H,28,30)/t15-,16+,21+,22-/m1/s1. The van der Waals surface area contributed by atoms with E-state index in [1.54, 1.807) is 6.20 Å². The van der Waals surface area contributed by atoms with Gasteiger partial charge in [0.15, 0.2) is 0 Å². The van der Waals surface area contributed by atoms with E-state index in [9.17, 15) is 4.79 Å². The van der Waals surface area contributed by atoms with Gasteiger partial charge in [-0.1, -0.05) is 23.8 Å². The van der Waals surface area contributed by atoms with Crippen LogP contribution in [0, 0.1) is 17.8 Å². The maximum atomic E-state index is 12.1. The van der Waals surface area contributed by atoms with E-state index < -0.39 is 0 Å². The van der Waals surface area contributed by atoms with E-state index in [-0.39, 0.29) is 29.7 Å². The van der Waals surface area contributed by atoms with Gasteiger partial charge in [0.1, 0.15) is 18.0 Å². The molecule has 1 aliphatic heterocycles. The van der Waals surface area contributed by atoms with E-state index in [2.05, 4.69) is 27.4 Å². The zero-order valence-corrected chi connectivity index (χ0v) is 19.5. The molecule has 172 valence electrons. The molecule has 2 aromatic rings. The number of halogens is 1. The van der Waals surface area contributed by atoms with Crippen LogP contribution in [-0.4, -0.2) is 54.8 Å². The number of hydrogen-bond donors (Lipinski definition) is 2. The first-order chi connectivity index (χ1) is 15.9. The predicted octanol–water partition coefficient (Wildman–Crippen LogP) is 3.44. The van der Waals surface area contributed by atoms with Crippen molar-refractivity contribution in [2.45, 2.75) is 18.9 Å². The molecule has 5 rings (SSSR count). The van der Waals surface area contributed by atoms with Crippen molar-refractivity contribution in [3.63, 3.8) is 0 Å². The number of likely N-dealkylation sites (N-methyl/N-ethyl adjacent to an activating group) is 1. The number of benzene rings is 1. The fourth-order valence-corrected chi connectivity index (χ4v) is 5.26. The number of fused-ring (bicyclic) bond motifs is 3. The molecule has 1 fully saturated rings. The monoisotopic (exact) mass is 465 g/mol. The predicted molar refractivity (Wildman–Crippen MR) is 130 cm³/mol. The minimum atomic E-state index is -0.275. The largest absolute Gasteiger partial charge is 0.492 e.